The van der Waals surface area contributed by atoms with Crippen LogP contribution in [0.25, 0.3) is 6.08 Å². The van der Waals surface area contributed by atoms with Crippen LogP contribution in [0.1, 0.15) is 12.0 Å². The smallest absolute Gasteiger partial charge is 0.294 e. The zero-order chi connectivity index (χ0) is 20.5. The van der Waals surface area contributed by atoms with E-state index in [4.69, 9.17) is 21.1 Å². The Hall–Kier alpha value is -2.29. The number of hydrogen-bond acceptors (Lipinski definition) is 6. The third-order valence-electron chi connectivity index (χ3n) is 3.63. The van der Waals surface area contributed by atoms with Gasteiger partial charge in [0, 0.05) is 20.3 Å². The maximum absolute atomic E-state index is 12.5. The van der Waals surface area contributed by atoms with Crippen LogP contribution in [0.4, 0.5) is 4.79 Å². The maximum atomic E-state index is 12.5. The van der Waals surface area contributed by atoms with Crippen molar-refractivity contribution in [2.24, 2.45) is 0 Å². The number of benzene rings is 1. The summed E-state index contributed by atoms with van der Waals surface area (Å²) in [5.74, 6) is -0.409. The molecule has 1 aromatic rings. The molecule has 28 heavy (non-hydrogen) atoms. The Kier molecular flexibility index (Phi) is 8.56. The van der Waals surface area contributed by atoms with E-state index in [0.29, 0.717) is 42.5 Å². The minimum Gasteiger partial charge on any atom is -0.488 e. The van der Waals surface area contributed by atoms with E-state index in [2.05, 4.69) is 11.9 Å². The molecule has 0 aliphatic carbocycles. The number of methoxy groups -OCH3 is 1. The molecule has 0 aromatic heterocycles. The standard InChI is InChI=1S/C19H21ClN2O5S/c1-3-8-27-15-6-5-13(10-14(15)20)11-16-18(24)22(19(25)28-16)12-17(23)21-7-4-9-26-2/h3,5-6,10-11H,1,4,7-9,12H2,2H3,(H,21,23)/b16-11-. The first kappa shape index (κ1) is 22.0. The van der Waals surface area contributed by atoms with Crippen LogP contribution in [0.3, 0.4) is 0 Å². The van der Waals surface area contributed by atoms with E-state index in [1.165, 1.54) is 0 Å². The van der Waals surface area contributed by atoms with E-state index in [-0.39, 0.29) is 11.4 Å². The Morgan fingerprint density at radius 1 is 1.39 bits per heavy atom. The first-order chi connectivity index (χ1) is 13.5. The van der Waals surface area contributed by atoms with E-state index in [0.717, 1.165) is 16.7 Å². The highest BCUT2D eigenvalue weighted by Gasteiger charge is 2.36. The number of amides is 3. The lowest BCUT2D eigenvalue weighted by atomic mass is 10.2. The molecule has 9 heteroatoms. The molecule has 0 bridgehead atoms. The van der Waals surface area contributed by atoms with E-state index in [9.17, 15) is 14.4 Å². The zero-order valence-electron chi connectivity index (χ0n) is 15.4. The summed E-state index contributed by atoms with van der Waals surface area (Å²) in [5, 5.41) is 2.54. The van der Waals surface area contributed by atoms with Gasteiger partial charge in [0.1, 0.15) is 18.9 Å². The van der Waals surface area contributed by atoms with E-state index >= 15 is 0 Å². The summed E-state index contributed by atoms with van der Waals surface area (Å²) in [5.41, 5.74) is 0.644. The molecule has 2 rings (SSSR count). The predicted octanol–water partition coefficient (Wildman–Crippen LogP) is 3.09. The minimum absolute atomic E-state index is 0.230. The van der Waals surface area contributed by atoms with Crippen LogP contribution in [0.15, 0.2) is 35.8 Å². The lowest BCUT2D eigenvalue weighted by molar-refractivity contribution is -0.129. The maximum Gasteiger partial charge on any atom is 0.294 e. The average Bonchev–Trinajstić information content (AvgIpc) is 2.92. The van der Waals surface area contributed by atoms with Gasteiger partial charge in [0.15, 0.2) is 0 Å². The molecule has 0 radical (unpaired) electrons. The number of rotatable bonds is 10. The summed E-state index contributed by atoms with van der Waals surface area (Å²) < 4.78 is 10.3. The molecule has 0 unspecified atom stereocenters. The second-order valence-corrected chi connectivity index (χ2v) is 7.15. The number of ether oxygens (including phenoxy) is 2. The van der Waals surface area contributed by atoms with E-state index in [1.54, 1.807) is 37.5 Å². The van der Waals surface area contributed by atoms with Gasteiger partial charge in [0.25, 0.3) is 11.1 Å². The largest absolute Gasteiger partial charge is 0.488 e. The summed E-state index contributed by atoms with van der Waals surface area (Å²) in [6.07, 6.45) is 3.82. The van der Waals surface area contributed by atoms with Crippen molar-refractivity contribution in [3.8, 4) is 5.75 Å². The number of halogens is 1. The SMILES string of the molecule is C=CCOc1ccc(/C=C2\SC(=O)N(CC(=O)NCCCOC)C2=O)cc1Cl. The molecular weight excluding hydrogens is 404 g/mol. The highest BCUT2D eigenvalue weighted by atomic mass is 35.5. The Morgan fingerprint density at radius 3 is 2.86 bits per heavy atom. The molecule has 3 amide bonds. The Morgan fingerprint density at radius 2 is 2.18 bits per heavy atom. The second kappa shape index (κ2) is 10.9. The number of carbonyl (C=O) groups excluding carboxylic acids is 3. The fraction of sp³-hybridized carbons (Fsp3) is 0.316. The molecule has 0 atom stereocenters. The average molecular weight is 425 g/mol. The quantitative estimate of drug-likeness (QED) is 0.353. The number of nitrogens with one attached hydrogen (secondary N) is 1. The van der Waals surface area contributed by atoms with Gasteiger partial charge < -0.3 is 14.8 Å². The summed E-state index contributed by atoms with van der Waals surface area (Å²) in [4.78, 5) is 37.7. The summed E-state index contributed by atoms with van der Waals surface area (Å²) >= 11 is 6.95. The normalized spacial score (nSPS) is 15.2. The molecule has 7 nitrogen and oxygen atoms in total. The molecule has 1 N–H and O–H groups in total. The summed E-state index contributed by atoms with van der Waals surface area (Å²) in [6.45, 7) is 4.51. The molecule has 1 fully saturated rings. The fourth-order valence-electron chi connectivity index (χ4n) is 2.30. The van der Waals surface area contributed by atoms with Crippen molar-refractivity contribution in [2.75, 3.05) is 33.4 Å². The van der Waals surface area contributed by atoms with Gasteiger partial charge in [-0.3, -0.25) is 19.3 Å². The Labute approximate surface area is 172 Å². The molecule has 0 saturated carbocycles. The minimum atomic E-state index is -0.509. The molecule has 0 spiro atoms. The van der Waals surface area contributed by atoms with Crippen LogP contribution in [-0.4, -0.2) is 55.4 Å². The van der Waals surface area contributed by atoms with Gasteiger partial charge in [-0.1, -0.05) is 30.3 Å². The van der Waals surface area contributed by atoms with Crippen molar-refractivity contribution in [3.05, 3.63) is 46.3 Å². The highest BCUT2D eigenvalue weighted by molar-refractivity contribution is 8.18. The fourth-order valence-corrected chi connectivity index (χ4v) is 3.39. The molecule has 1 saturated heterocycles. The number of nitrogens with zero attached hydrogens (tertiary/aromatic N) is 1. The Balaban J connectivity index is 2.01. The van der Waals surface area contributed by atoms with Crippen LogP contribution >= 0.6 is 23.4 Å². The number of thioether (sulfide) groups is 1. The lowest BCUT2D eigenvalue weighted by Crippen LogP contribution is -2.39. The van der Waals surface area contributed by atoms with Crippen molar-refractivity contribution in [1.82, 2.24) is 10.2 Å². The van der Waals surface area contributed by atoms with Gasteiger partial charge in [0.05, 0.1) is 9.93 Å². The van der Waals surface area contributed by atoms with Gasteiger partial charge in [-0.2, -0.15) is 0 Å². The monoisotopic (exact) mass is 424 g/mol. The lowest BCUT2D eigenvalue weighted by Gasteiger charge is -2.12. The molecule has 1 heterocycles. The van der Waals surface area contributed by atoms with Gasteiger partial charge in [-0.25, -0.2) is 0 Å². The van der Waals surface area contributed by atoms with Crippen molar-refractivity contribution < 1.29 is 23.9 Å². The van der Waals surface area contributed by atoms with Crippen LogP contribution < -0.4 is 10.1 Å². The number of hydrogen-bond donors (Lipinski definition) is 1. The first-order valence-electron chi connectivity index (χ1n) is 8.50. The zero-order valence-corrected chi connectivity index (χ0v) is 17.0. The van der Waals surface area contributed by atoms with Crippen LogP contribution in [0.2, 0.25) is 5.02 Å². The Bertz CT molecular complexity index is 797. The summed E-state index contributed by atoms with van der Waals surface area (Å²) in [7, 11) is 1.57. The first-order valence-corrected chi connectivity index (χ1v) is 9.70. The molecule has 1 aliphatic heterocycles. The molecule has 1 aromatic carbocycles. The van der Waals surface area contributed by atoms with Gasteiger partial charge in [-0.15, -0.1) is 0 Å². The third-order valence-corrected chi connectivity index (χ3v) is 4.84. The predicted molar refractivity (Wildman–Crippen MR) is 109 cm³/mol. The number of imide groups is 1. The van der Waals surface area contributed by atoms with Gasteiger partial charge in [-0.05, 0) is 42.0 Å². The number of carbonyl (C=O) groups is 3. The van der Waals surface area contributed by atoms with Crippen LogP contribution in [0, 0.1) is 0 Å². The highest BCUT2D eigenvalue weighted by Crippen LogP contribution is 2.33. The van der Waals surface area contributed by atoms with Crippen molar-refractivity contribution >= 4 is 46.5 Å². The topological polar surface area (TPSA) is 84.9 Å². The van der Waals surface area contributed by atoms with Gasteiger partial charge >= 0.3 is 0 Å². The van der Waals surface area contributed by atoms with Gasteiger partial charge in [0.2, 0.25) is 5.91 Å². The molecular formula is C19H21ClN2O5S. The second-order valence-electron chi connectivity index (χ2n) is 5.75. The third kappa shape index (κ3) is 6.12. The molecule has 150 valence electrons. The van der Waals surface area contributed by atoms with Crippen molar-refractivity contribution in [2.45, 2.75) is 6.42 Å². The van der Waals surface area contributed by atoms with Crippen molar-refractivity contribution in [1.29, 1.82) is 0 Å². The summed E-state index contributed by atoms with van der Waals surface area (Å²) in [6, 6.07) is 5.03. The van der Waals surface area contributed by atoms with E-state index in [1.807, 2.05) is 0 Å². The van der Waals surface area contributed by atoms with Crippen LogP contribution in [0.5, 0.6) is 5.75 Å². The van der Waals surface area contributed by atoms with E-state index < -0.39 is 17.1 Å². The van der Waals surface area contributed by atoms with Crippen molar-refractivity contribution in [3.63, 3.8) is 0 Å². The molecule has 1 aliphatic rings. The van der Waals surface area contributed by atoms with Crippen LogP contribution in [-0.2, 0) is 14.3 Å².